The number of halogens is 3. The van der Waals surface area contributed by atoms with Crippen molar-refractivity contribution in [3.63, 3.8) is 0 Å². The number of nitrogens with zero attached hydrogens (tertiary/aromatic N) is 2. The quantitative estimate of drug-likeness (QED) is 0.652. The molecule has 0 aliphatic heterocycles. The lowest BCUT2D eigenvalue weighted by Crippen LogP contribution is -2.19. The Morgan fingerprint density at radius 2 is 2.24 bits per heavy atom. The van der Waals surface area contributed by atoms with Gasteiger partial charge in [-0.15, -0.1) is 11.6 Å². The number of aryl methyl sites for hydroxylation is 1. The molecule has 1 aromatic carbocycles. The first-order valence-electron chi connectivity index (χ1n) is 7.52. The van der Waals surface area contributed by atoms with E-state index in [-0.39, 0.29) is 5.82 Å². The Bertz CT molecular complexity index is 655. The summed E-state index contributed by atoms with van der Waals surface area (Å²) in [6, 6.07) is 3.78. The first-order valence-corrected chi connectivity index (χ1v) is 8.84. The topological polar surface area (TPSA) is 17.8 Å². The van der Waals surface area contributed by atoms with Crippen LogP contribution in [0.2, 0.25) is 0 Å². The van der Waals surface area contributed by atoms with Crippen LogP contribution in [0, 0.1) is 11.7 Å². The van der Waals surface area contributed by atoms with Crippen LogP contribution in [-0.4, -0.2) is 15.4 Å². The molecule has 2 unspecified atom stereocenters. The van der Waals surface area contributed by atoms with Crippen LogP contribution in [0.4, 0.5) is 4.39 Å². The van der Waals surface area contributed by atoms with Crippen LogP contribution in [0.15, 0.2) is 16.6 Å². The Morgan fingerprint density at radius 3 is 2.95 bits per heavy atom. The number of imidazole rings is 1. The number of hydrogen-bond acceptors (Lipinski definition) is 1. The van der Waals surface area contributed by atoms with E-state index < -0.39 is 0 Å². The molecule has 1 saturated carbocycles. The number of hydrogen-bond donors (Lipinski definition) is 0. The van der Waals surface area contributed by atoms with E-state index in [1.165, 1.54) is 12.8 Å². The lowest BCUT2D eigenvalue weighted by atomic mass is 9.87. The van der Waals surface area contributed by atoms with E-state index in [0.717, 1.165) is 36.1 Å². The normalized spacial score (nSPS) is 22.9. The van der Waals surface area contributed by atoms with Gasteiger partial charge in [-0.2, -0.15) is 0 Å². The van der Waals surface area contributed by atoms with Crippen LogP contribution in [0.3, 0.4) is 0 Å². The van der Waals surface area contributed by atoms with Gasteiger partial charge in [-0.1, -0.05) is 19.8 Å². The summed E-state index contributed by atoms with van der Waals surface area (Å²) in [4.78, 5) is 4.69. The largest absolute Gasteiger partial charge is 0.325 e. The summed E-state index contributed by atoms with van der Waals surface area (Å²) in [5.74, 6) is 2.00. The molecule has 0 saturated heterocycles. The van der Waals surface area contributed by atoms with Crippen molar-refractivity contribution in [2.75, 3.05) is 5.88 Å². The zero-order chi connectivity index (χ0) is 15.0. The molecular formula is C16H19BrClFN2. The van der Waals surface area contributed by atoms with Crippen molar-refractivity contribution < 1.29 is 4.39 Å². The van der Waals surface area contributed by atoms with Crippen molar-refractivity contribution in [1.29, 1.82) is 0 Å². The number of alkyl halides is 1. The Labute approximate surface area is 137 Å². The minimum atomic E-state index is -0.232. The van der Waals surface area contributed by atoms with Crippen LogP contribution < -0.4 is 0 Å². The molecule has 0 N–H and O–H groups in total. The molecule has 0 amide bonds. The molecule has 2 atom stereocenters. The smallest absolute Gasteiger partial charge is 0.139 e. The standard InChI is InChI=1S/C16H19BrClFN2/c1-10-3-2-4-11(7-10)21-15-9-13(19)12(17)8-14(15)20-16(21)5-6-18/h8-11H,2-7H2,1H3. The summed E-state index contributed by atoms with van der Waals surface area (Å²) in [6.45, 7) is 2.30. The highest BCUT2D eigenvalue weighted by molar-refractivity contribution is 9.10. The van der Waals surface area contributed by atoms with Gasteiger partial charge in [0, 0.05) is 24.4 Å². The number of rotatable bonds is 3. The molecule has 2 aromatic rings. The second-order valence-electron chi connectivity index (χ2n) is 6.02. The molecule has 0 bridgehead atoms. The number of benzene rings is 1. The third-order valence-electron chi connectivity index (χ3n) is 4.40. The van der Waals surface area contributed by atoms with Gasteiger partial charge in [0.15, 0.2) is 0 Å². The summed E-state index contributed by atoms with van der Waals surface area (Å²) in [5, 5.41) is 0. The van der Waals surface area contributed by atoms with Crippen LogP contribution in [0.25, 0.3) is 11.0 Å². The van der Waals surface area contributed by atoms with Crippen molar-refractivity contribution in [3.8, 4) is 0 Å². The summed E-state index contributed by atoms with van der Waals surface area (Å²) in [6.07, 6.45) is 5.51. The zero-order valence-corrected chi connectivity index (χ0v) is 14.4. The summed E-state index contributed by atoms with van der Waals surface area (Å²) in [7, 11) is 0. The van der Waals surface area contributed by atoms with Crippen LogP contribution in [-0.2, 0) is 6.42 Å². The predicted molar refractivity (Wildman–Crippen MR) is 88.5 cm³/mol. The predicted octanol–water partition coefficient (Wildman–Crippen LogP) is 5.47. The van der Waals surface area contributed by atoms with Gasteiger partial charge in [0.1, 0.15) is 11.6 Å². The van der Waals surface area contributed by atoms with Crippen LogP contribution in [0.1, 0.15) is 44.5 Å². The van der Waals surface area contributed by atoms with E-state index in [2.05, 4.69) is 32.4 Å². The maximum atomic E-state index is 14.0. The molecule has 5 heteroatoms. The van der Waals surface area contributed by atoms with Gasteiger partial charge in [-0.3, -0.25) is 0 Å². The minimum absolute atomic E-state index is 0.232. The van der Waals surface area contributed by atoms with E-state index in [1.54, 1.807) is 12.1 Å². The van der Waals surface area contributed by atoms with Gasteiger partial charge >= 0.3 is 0 Å². The summed E-state index contributed by atoms with van der Waals surface area (Å²) in [5.41, 5.74) is 1.75. The summed E-state index contributed by atoms with van der Waals surface area (Å²) < 4.78 is 16.7. The van der Waals surface area contributed by atoms with Crippen molar-refractivity contribution >= 4 is 38.6 Å². The van der Waals surface area contributed by atoms with Crippen molar-refractivity contribution in [2.45, 2.75) is 45.1 Å². The fourth-order valence-corrected chi connectivity index (χ4v) is 3.95. The second kappa shape index (κ2) is 6.25. The monoisotopic (exact) mass is 372 g/mol. The van der Waals surface area contributed by atoms with Gasteiger partial charge in [-0.05, 0) is 40.8 Å². The van der Waals surface area contributed by atoms with Gasteiger partial charge < -0.3 is 4.57 Å². The SMILES string of the molecule is CC1CCCC(n2c(CCCl)nc3cc(Br)c(F)cc32)C1. The summed E-state index contributed by atoms with van der Waals surface area (Å²) >= 11 is 9.17. The Balaban J connectivity index is 2.12. The second-order valence-corrected chi connectivity index (χ2v) is 7.25. The fourth-order valence-electron chi connectivity index (χ4n) is 3.45. The third kappa shape index (κ3) is 2.98. The maximum absolute atomic E-state index is 14.0. The third-order valence-corrected chi connectivity index (χ3v) is 5.19. The molecule has 1 aliphatic carbocycles. The highest BCUT2D eigenvalue weighted by Crippen LogP contribution is 2.36. The number of fused-ring (bicyclic) bond motifs is 1. The van der Waals surface area contributed by atoms with E-state index in [0.29, 0.717) is 22.3 Å². The van der Waals surface area contributed by atoms with Crippen LogP contribution >= 0.6 is 27.5 Å². The van der Waals surface area contributed by atoms with Gasteiger partial charge in [0.05, 0.1) is 15.5 Å². The first kappa shape index (κ1) is 15.3. The van der Waals surface area contributed by atoms with Crippen molar-refractivity contribution in [3.05, 3.63) is 28.2 Å². The van der Waals surface area contributed by atoms with E-state index >= 15 is 0 Å². The molecule has 1 heterocycles. The Morgan fingerprint density at radius 1 is 1.43 bits per heavy atom. The molecule has 1 aliphatic rings. The lowest BCUT2D eigenvalue weighted by Gasteiger charge is -2.29. The maximum Gasteiger partial charge on any atom is 0.139 e. The first-order chi connectivity index (χ1) is 10.1. The van der Waals surface area contributed by atoms with Crippen molar-refractivity contribution in [2.24, 2.45) is 5.92 Å². The molecule has 0 radical (unpaired) electrons. The molecule has 0 spiro atoms. The highest BCUT2D eigenvalue weighted by atomic mass is 79.9. The fraction of sp³-hybridized carbons (Fsp3) is 0.562. The zero-order valence-electron chi connectivity index (χ0n) is 12.1. The van der Waals surface area contributed by atoms with Gasteiger partial charge in [0.25, 0.3) is 0 Å². The molecule has 1 aromatic heterocycles. The number of aromatic nitrogens is 2. The average Bonchev–Trinajstić information content (AvgIpc) is 2.77. The molecule has 114 valence electrons. The molecule has 21 heavy (non-hydrogen) atoms. The average molecular weight is 374 g/mol. The lowest BCUT2D eigenvalue weighted by molar-refractivity contribution is 0.282. The van der Waals surface area contributed by atoms with E-state index in [9.17, 15) is 4.39 Å². The molecule has 2 nitrogen and oxygen atoms in total. The molecule has 3 rings (SSSR count). The molecule has 1 fully saturated rings. The van der Waals surface area contributed by atoms with E-state index in [4.69, 9.17) is 11.6 Å². The minimum Gasteiger partial charge on any atom is -0.325 e. The van der Waals surface area contributed by atoms with E-state index in [1.807, 2.05) is 0 Å². The Hall–Kier alpha value is -0.610. The van der Waals surface area contributed by atoms with Crippen LogP contribution in [0.5, 0.6) is 0 Å². The Kier molecular flexibility index (Phi) is 4.55. The van der Waals surface area contributed by atoms with Gasteiger partial charge in [-0.25, -0.2) is 9.37 Å². The molecular weight excluding hydrogens is 355 g/mol. The van der Waals surface area contributed by atoms with Crippen molar-refractivity contribution in [1.82, 2.24) is 9.55 Å². The highest BCUT2D eigenvalue weighted by Gasteiger charge is 2.25. The van der Waals surface area contributed by atoms with Gasteiger partial charge in [0.2, 0.25) is 0 Å².